The maximum atomic E-state index is 12.6. The third kappa shape index (κ3) is 3.06. The quantitative estimate of drug-likeness (QED) is 0.828. The van der Waals surface area contributed by atoms with Gasteiger partial charge in [-0.1, -0.05) is 0 Å². The van der Waals surface area contributed by atoms with Crippen LogP contribution in [0.15, 0.2) is 18.2 Å². The largest absolute Gasteiger partial charge is 0.468 e. The molecule has 22 heavy (non-hydrogen) atoms. The molecule has 0 radical (unpaired) electrons. The van der Waals surface area contributed by atoms with E-state index in [9.17, 15) is 9.59 Å². The van der Waals surface area contributed by atoms with Crippen molar-refractivity contribution >= 4 is 17.6 Å². The molecule has 6 heteroatoms. The standard InChI is InChI=1S/C16H21N3O3/c1-22-15(20)11-18-6-8-19(9-7-18)16(21)13-2-3-14-12(10-13)4-5-17-14/h2-3,10,17H,4-9,11H2,1H3. The van der Waals surface area contributed by atoms with Crippen LogP contribution in [-0.2, 0) is 16.0 Å². The van der Waals surface area contributed by atoms with Gasteiger partial charge in [0, 0.05) is 44.0 Å². The molecule has 1 fully saturated rings. The second-order valence-electron chi connectivity index (χ2n) is 5.69. The molecule has 3 rings (SSSR count). The number of piperazine rings is 1. The zero-order valence-electron chi connectivity index (χ0n) is 12.8. The van der Waals surface area contributed by atoms with Gasteiger partial charge in [-0.15, -0.1) is 0 Å². The van der Waals surface area contributed by atoms with Crippen LogP contribution in [0, 0.1) is 0 Å². The van der Waals surface area contributed by atoms with Crippen LogP contribution >= 0.6 is 0 Å². The third-order valence-electron chi connectivity index (χ3n) is 4.30. The first-order chi connectivity index (χ1) is 10.7. The number of benzene rings is 1. The Bertz CT molecular complexity index is 580. The number of esters is 1. The van der Waals surface area contributed by atoms with Crippen LogP contribution in [0.1, 0.15) is 15.9 Å². The summed E-state index contributed by atoms with van der Waals surface area (Å²) in [5.41, 5.74) is 3.11. The fraction of sp³-hybridized carbons (Fsp3) is 0.500. The number of nitrogens with one attached hydrogen (secondary N) is 1. The summed E-state index contributed by atoms with van der Waals surface area (Å²) < 4.78 is 4.67. The van der Waals surface area contributed by atoms with Crippen molar-refractivity contribution in [1.29, 1.82) is 0 Å². The minimum Gasteiger partial charge on any atom is -0.468 e. The molecule has 2 aliphatic heterocycles. The highest BCUT2D eigenvalue weighted by atomic mass is 16.5. The molecule has 118 valence electrons. The van der Waals surface area contributed by atoms with Crippen LogP contribution in [-0.4, -0.2) is 68.1 Å². The molecule has 1 aromatic rings. The molecule has 1 saturated heterocycles. The van der Waals surface area contributed by atoms with Crippen molar-refractivity contribution in [2.75, 3.05) is 51.7 Å². The molecule has 1 N–H and O–H groups in total. The number of ether oxygens (including phenoxy) is 1. The van der Waals surface area contributed by atoms with E-state index in [0.717, 1.165) is 24.2 Å². The molecule has 1 aromatic carbocycles. The first-order valence-corrected chi connectivity index (χ1v) is 7.62. The maximum Gasteiger partial charge on any atom is 0.319 e. The predicted molar refractivity (Wildman–Crippen MR) is 83.0 cm³/mol. The van der Waals surface area contributed by atoms with E-state index in [2.05, 4.69) is 10.1 Å². The Morgan fingerprint density at radius 2 is 2.00 bits per heavy atom. The summed E-state index contributed by atoms with van der Waals surface area (Å²) in [6, 6.07) is 5.88. The normalized spacial score (nSPS) is 17.8. The lowest BCUT2D eigenvalue weighted by Gasteiger charge is -2.34. The van der Waals surface area contributed by atoms with E-state index in [1.807, 2.05) is 28.0 Å². The molecule has 0 spiro atoms. The first-order valence-electron chi connectivity index (χ1n) is 7.62. The summed E-state index contributed by atoms with van der Waals surface area (Å²) in [5, 5.41) is 3.30. The molecule has 6 nitrogen and oxygen atoms in total. The van der Waals surface area contributed by atoms with E-state index < -0.39 is 0 Å². The number of carbonyl (C=O) groups is 2. The van der Waals surface area contributed by atoms with Gasteiger partial charge in [-0.3, -0.25) is 14.5 Å². The molecular weight excluding hydrogens is 282 g/mol. The SMILES string of the molecule is COC(=O)CN1CCN(C(=O)c2ccc3c(c2)CCN3)CC1. The van der Waals surface area contributed by atoms with Gasteiger partial charge in [-0.2, -0.15) is 0 Å². The predicted octanol–water partition coefficient (Wildman–Crippen LogP) is 0.585. The molecular formula is C16H21N3O3. The number of nitrogens with zero attached hydrogens (tertiary/aromatic N) is 2. The second kappa shape index (κ2) is 6.36. The highest BCUT2D eigenvalue weighted by Gasteiger charge is 2.24. The van der Waals surface area contributed by atoms with E-state index in [-0.39, 0.29) is 11.9 Å². The van der Waals surface area contributed by atoms with Crippen molar-refractivity contribution < 1.29 is 14.3 Å². The van der Waals surface area contributed by atoms with Gasteiger partial charge in [0.2, 0.25) is 0 Å². The Morgan fingerprint density at radius 1 is 1.23 bits per heavy atom. The Morgan fingerprint density at radius 3 is 2.73 bits per heavy atom. The second-order valence-corrected chi connectivity index (χ2v) is 5.69. The fourth-order valence-electron chi connectivity index (χ4n) is 2.98. The third-order valence-corrected chi connectivity index (χ3v) is 4.30. The molecule has 0 saturated carbocycles. The number of amides is 1. The van der Waals surface area contributed by atoms with Gasteiger partial charge in [0.25, 0.3) is 5.91 Å². The number of hydrogen-bond donors (Lipinski definition) is 1. The van der Waals surface area contributed by atoms with E-state index in [4.69, 9.17) is 0 Å². The number of methoxy groups -OCH3 is 1. The Labute approximate surface area is 130 Å². The average Bonchev–Trinajstić information content (AvgIpc) is 3.02. The van der Waals surface area contributed by atoms with Crippen molar-refractivity contribution in [3.05, 3.63) is 29.3 Å². The van der Waals surface area contributed by atoms with Gasteiger partial charge in [0.05, 0.1) is 13.7 Å². The number of rotatable bonds is 3. The molecule has 0 aliphatic carbocycles. The van der Waals surface area contributed by atoms with Crippen LogP contribution < -0.4 is 5.32 Å². The lowest BCUT2D eigenvalue weighted by molar-refractivity contribution is -0.142. The van der Waals surface area contributed by atoms with Crippen LogP contribution in [0.5, 0.6) is 0 Å². The molecule has 0 aromatic heterocycles. The Balaban J connectivity index is 1.59. The number of hydrogen-bond acceptors (Lipinski definition) is 5. The Kier molecular flexibility index (Phi) is 4.29. The minimum atomic E-state index is -0.231. The zero-order valence-corrected chi connectivity index (χ0v) is 12.8. The van der Waals surface area contributed by atoms with Crippen molar-refractivity contribution in [3.8, 4) is 0 Å². The van der Waals surface area contributed by atoms with Gasteiger partial charge in [0.15, 0.2) is 0 Å². The van der Waals surface area contributed by atoms with Gasteiger partial charge >= 0.3 is 5.97 Å². The van der Waals surface area contributed by atoms with Gasteiger partial charge in [-0.05, 0) is 30.2 Å². The topological polar surface area (TPSA) is 61.9 Å². The van der Waals surface area contributed by atoms with Crippen molar-refractivity contribution in [2.45, 2.75) is 6.42 Å². The van der Waals surface area contributed by atoms with E-state index >= 15 is 0 Å². The van der Waals surface area contributed by atoms with Crippen molar-refractivity contribution in [3.63, 3.8) is 0 Å². The number of carbonyl (C=O) groups excluding carboxylic acids is 2. The summed E-state index contributed by atoms with van der Waals surface area (Å²) in [5.74, 6) is -0.154. The molecule has 1 amide bonds. The van der Waals surface area contributed by atoms with Crippen LogP contribution in [0.3, 0.4) is 0 Å². The molecule has 2 aliphatic rings. The maximum absolute atomic E-state index is 12.6. The molecule has 0 atom stereocenters. The van der Waals surface area contributed by atoms with E-state index in [1.165, 1.54) is 12.7 Å². The van der Waals surface area contributed by atoms with Gasteiger partial charge in [-0.25, -0.2) is 0 Å². The summed E-state index contributed by atoms with van der Waals surface area (Å²) in [7, 11) is 1.39. The summed E-state index contributed by atoms with van der Waals surface area (Å²) in [6.07, 6.45) is 0.976. The molecule has 0 bridgehead atoms. The minimum absolute atomic E-state index is 0.0763. The Hall–Kier alpha value is -2.08. The summed E-state index contributed by atoms with van der Waals surface area (Å²) in [6.45, 7) is 3.93. The highest BCUT2D eigenvalue weighted by Crippen LogP contribution is 2.23. The molecule has 0 unspecified atom stereocenters. The van der Waals surface area contributed by atoms with E-state index in [1.54, 1.807) is 0 Å². The van der Waals surface area contributed by atoms with Crippen molar-refractivity contribution in [1.82, 2.24) is 9.80 Å². The average molecular weight is 303 g/mol. The molecule has 2 heterocycles. The lowest BCUT2D eigenvalue weighted by atomic mass is 10.1. The van der Waals surface area contributed by atoms with Crippen LogP contribution in [0.4, 0.5) is 5.69 Å². The first kappa shape index (κ1) is 14.8. The monoisotopic (exact) mass is 303 g/mol. The summed E-state index contributed by atoms with van der Waals surface area (Å²) in [4.78, 5) is 27.7. The fourth-order valence-corrected chi connectivity index (χ4v) is 2.98. The van der Waals surface area contributed by atoms with Crippen molar-refractivity contribution in [2.24, 2.45) is 0 Å². The summed E-state index contributed by atoms with van der Waals surface area (Å²) >= 11 is 0. The zero-order chi connectivity index (χ0) is 15.5. The number of anilines is 1. The number of fused-ring (bicyclic) bond motifs is 1. The lowest BCUT2D eigenvalue weighted by Crippen LogP contribution is -2.50. The van der Waals surface area contributed by atoms with E-state index in [0.29, 0.717) is 32.7 Å². The van der Waals surface area contributed by atoms with Gasteiger partial charge in [0.1, 0.15) is 0 Å². The smallest absolute Gasteiger partial charge is 0.319 e. The van der Waals surface area contributed by atoms with Crippen LogP contribution in [0.25, 0.3) is 0 Å². The highest BCUT2D eigenvalue weighted by molar-refractivity contribution is 5.95. The van der Waals surface area contributed by atoms with Gasteiger partial charge < -0.3 is 15.0 Å². The van der Waals surface area contributed by atoms with Crippen LogP contribution in [0.2, 0.25) is 0 Å².